The summed E-state index contributed by atoms with van der Waals surface area (Å²) < 4.78 is 5.37. The predicted octanol–water partition coefficient (Wildman–Crippen LogP) is 5.18. The fourth-order valence-electron chi connectivity index (χ4n) is 7.23. The van der Waals surface area contributed by atoms with E-state index in [0.29, 0.717) is 23.5 Å². The third-order valence-corrected chi connectivity index (χ3v) is 8.87. The molecule has 0 unspecified atom stereocenters. The molecule has 0 spiro atoms. The second-order valence-electron chi connectivity index (χ2n) is 9.49. The Labute approximate surface area is 161 Å². The number of aliphatic hydroxyl groups excluding tert-OH is 1. The van der Waals surface area contributed by atoms with Crippen LogP contribution in [0.3, 0.4) is 0 Å². The molecule has 0 radical (unpaired) electrons. The van der Waals surface area contributed by atoms with Gasteiger partial charge < -0.3 is 9.84 Å². The van der Waals surface area contributed by atoms with Crippen molar-refractivity contribution in [3.63, 3.8) is 0 Å². The van der Waals surface area contributed by atoms with Crippen molar-refractivity contribution in [1.29, 1.82) is 0 Å². The van der Waals surface area contributed by atoms with Crippen molar-refractivity contribution in [3.8, 4) is 0 Å². The molecule has 4 aliphatic carbocycles. The van der Waals surface area contributed by atoms with Crippen LogP contribution in [0.5, 0.6) is 0 Å². The van der Waals surface area contributed by atoms with Crippen LogP contribution >= 0.6 is 11.6 Å². The van der Waals surface area contributed by atoms with Gasteiger partial charge in [-0.1, -0.05) is 25.4 Å². The molecule has 1 N–H and O–H groups in total. The third-order valence-electron chi connectivity index (χ3n) is 8.51. The number of ether oxygens (including phenoxy) is 1. The van der Waals surface area contributed by atoms with E-state index in [0.717, 1.165) is 42.9 Å². The quantitative estimate of drug-likeness (QED) is 0.688. The van der Waals surface area contributed by atoms with Crippen molar-refractivity contribution in [1.82, 2.24) is 0 Å². The SMILES string of the molecule is CC(=O)[C@H]1CC[C@H]2[C@@H]3CC(Cl)=C4C=C(OCO)CC[C@]4(C)[C@H]3CC[C@]12C. The van der Waals surface area contributed by atoms with Crippen molar-refractivity contribution in [2.24, 2.45) is 34.5 Å². The van der Waals surface area contributed by atoms with Gasteiger partial charge in [-0.15, -0.1) is 0 Å². The lowest BCUT2D eigenvalue weighted by Gasteiger charge is -2.57. The van der Waals surface area contributed by atoms with Crippen LogP contribution < -0.4 is 0 Å². The summed E-state index contributed by atoms with van der Waals surface area (Å²) in [6, 6.07) is 0. The minimum atomic E-state index is -0.271. The summed E-state index contributed by atoms with van der Waals surface area (Å²) in [4.78, 5) is 12.2. The Kier molecular flexibility index (Phi) is 4.55. The highest BCUT2D eigenvalue weighted by Crippen LogP contribution is 2.67. The molecule has 0 bridgehead atoms. The molecule has 0 amide bonds. The highest BCUT2D eigenvalue weighted by molar-refractivity contribution is 6.30. The Balaban J connectivity index is 1.70. The molecule has 0 heterocycles. The minimum Gasteiger partial charge on any atom is -0.472 e. The monoisotopic (exact) mass is 378 g/mol. The largest absolute Gasteiger partial charge is 0.472 e. The molecule has 144 valence electrons. The van der Waals surface area contributed by atoms with Crippen LogP contribution in [0.2, 0.25) is 0 Å². The number of carbonyl (C=O) groups is 1. The number of Topliss-reactive ketones (excluding diaryl/α,β-unsaturated/α-hetero) is 1. The lowest BCUT2D eigenvalue weighted by Crippen LogP contribution is -2.50. The van der Waals surface area contributed by atoms with Gasteiger partial charge in [-0.25, -0.2) is 0 Å². The van der Waals surface area contributed by atoms with Gasteiger partial charge in [0.1, 0.15) is 5.78 Å². The normalized spacial score (nSPS) is 44.7. The lowest BCUT2D eigenvalue weighted by atomic mass is 9.48. The number of carbonyl (C=O) groups excluding carboxylic acids is 1. The first kappa shape index (κ1) is 18.6. The van der Waals surface area contributed by atoms with Crippen molar-refractivity contribution in [3.05, 3.63) is 22.4 Å². The first-order chi connectivity index (χ1) is 12.3. The van der Waals surface area contributed by atoms with Crippen LogP contribution in [-0.4, -0.2) is 17.7 Å². The number of rotatable bonds is 3. The zero-order chi connectivity index (χ0) is 18.7. The smallest absolute Gasteiger partial charge is 0.185 e. The van der Waals surface area contributed by atoms with E-state index in [1.165, 1.54) is 18.4 Å². The Morgan fingerprint density at radius 2 is 2.04 bits per heavy atom. The topological polar surface area (TPSA) is 46.5 Å². The van der Waals surface area contributed by atoms with E-state index in [9.17, 15) is 4.79 Å². The highest BCUT2D eigenvalue weighted by Gasteiger charge is 2.59. The molecular weight excluding hydrogens is 348 g/mol. The second-order valence-corrected chi connectivity index (χ2v) is 9.94. The standard InChI is InChI=1S/C22H31ClO3/c1-13(25)16-4-5-17-15-11-20(23)19-10-14(26-12-24)6-8-22(19,3)18(15)7-9-21(16,17)2/h10,15-18,24H,4-9,11-12H2,1-3H3/t15-,16+,17-,18-,21+,22+/m0/s1. The molecular formula is C22H31ClO3. The van der Waals surface area contributed by atoms with E-state index in [1.54, 1.807) is 6.92 Å². The molecule has 0 aromatic heterocycles. The van der Waals surface area contributed by atoms with Gasteiger partial charge in [0.15, 0.2) is 6.79 Å². The van der Waals surface area contributed by atoms with Gasteiger partial charge in [0, 0.05) is 17.4 Å². The van der Waals surface area contributed by atoms with Crippen LogP contribution in [0.4, 0.5) is 0 Å². The van der Waals surface area contributed by atoms with E-state index in [1.807, 2.05) is 0 Å². The summed E-state index contributed by atoms with van der Waals surface area (Å²) in [5, 5.41) is 10.1. The molecule has 3 nitrogen and oxygen atoms in total. The van der Waals surface area contributed by atoms with Crippen molar-refractivity contribution < 1.29 is 14.6 Å². The zero-order valence-corrected chi connectivity index (χ0v) is 16.9. The molecule has 4 heteroatoms. The number of halogens is 1. The van der Waals surface area contributed by atoms with Gasteiger partial charge in [-0.3, -0.25) is 4.79 Å². The summed E-state index contributed by atoms with van der Waals surface area (Å²) in [5.74, 6) is 3.31. The van der Waals surface area contributed by atoms with Gasteiger partial charge in [-0.2, -0.15) is 0 Å². The molecule has 2 saturated carbocycles. The minimum absolute atomic E-state index is 0.0952. The van der Waals surface area contributed by atoms with Crippen molar-refractivity contribution in [2.75, 3.05) is 6.79 Å². The van der Waals surface area contributed by atoms with Crippen molar-refractivity contribution >= 4 is 17.4 Å². The first-order valence-corrected chi connectivity index (χ1v) is 10.5. The number of fused-ring (bicyclic) bond motifs is 5. The molecule has 0 aliphatic heterocycles. The van der Waals surface area contributed by atoms with Gasteiger partial charge in [0.2, 0.25) is 0 Å². The molecule has 0 aromatic rings. The Bertz CT molecular complexity index is 681. The van der Waals surface area contributed by atoms with E-state index >= 15 is 0 Å². The molecule has 4 rings (SSSR count). The maximum absolute atomic E-state index is 12.2. The zero-order valence-electron chi connectivity index (χ0n) is 16.2. The molecule has 26 heavy (non-hydrogen) atoms. The van der Waals surface area contributed by atoms with Crippen LogP contribution in [0.15, 0.2) is 22.4 Å². The van der Waals surface area contributed by atoms with Gasteiger partial charge in [0.25, 0.3) is 0 Å². The fraction of sp³-hybridized carbons (Fsp3) is 0.773. The van der Waals surface area contributed by atoms with Gasteiger partial charge in [0.05, 0.1) is 5.76 Å². The number of ketones is 1. The summed E-state index contributed by atoms with van der Waals surface area (Å²) in [6.45, 7) is 6.27. The van der Waals surface area contributed by atoms with E-state index in [-0.39, 0.29) is 23.5 Å². The molecule has 0 aromatic carbocycles. The van der Waals surface area contributed by atoms with Gasteiger partial charge in [-0.05, 0) is 85.7 Å². The Hall–Kier alpha value is -0.800. The third kappa shape index (κ3) is 2.53. The Morgan fingerprint density at radius 3 is 2.73 bits per heavy atom. The summed E-state index contributed by atoms with van der Waals surface area (Å²) in [5.41, 5.74) is 1.49. The second kappa shape index (κ2) is 6.38. The average molecular weight is 379 g/mol. The maximum atomic E-state index is 12.2. The number of hydrogen-bond acceptors (Lipinski definition) is 3. The van der Waals surface area contributed by atoms with Crippen LogP contribution in [-0.2, 0) is 9.53 Å². The summed E-state index contributed by atoms with van der Waals surface area (Å²) >= 11 is 6.85. The average Bonchev–Trinajstić information content (AvgIpc) is 2.94. The van der Waals surface area contributed by atoms with E-state index < -0.39 is 0 Å². The van der Waals surface area contributed by atoms with E-state index in [4.69, 9.17) is 21.4 Å². The first-order valence-electron chi connectivity index (χ1n) is 10.1. The van der Waals surface area contributed by atoms with Gasteiger partial charge >= 0.3 is 0 Å². The Morgan fingerprint density at radius 1 is 1.27 bits per heavy atom. The molecule has 4 aliphatic rings. The van der Waals surface area contributed by atoms with Crippen LogP contribution in [0.25, 0.3) is 0 Å². The fourth-order valence-corrected chi connectivity index (χ4v) is 7.68. The molecule has 6 atom stereocenters. The molecule has 2 fully saturated rings. The van der Waals surface area contributed by atoms with Crippen LogP contribution in [0, 0.1) is 34.5 Å². The van der Waals surface area contributed by atoms with E-state index in [2.05, 4.69) is 19.9 Å². The molecule has 0 saturated heterocycles. The summed E-state index contributed by atoms with van der Waals surface area (Å²) in [7, 11) is 0. The highest BCUT2D eigenvalue weighted by atomic mass is 35.5. The summed E-state index contributed by atoms with van der Waals surface area (Å²) in [6.07, 6.45) is 9.51. The maximum Gasteiger partial charge on any atom is 0.185 e. The number of aliphatic hydroxyl groups is 1. The number of hydrogen-bond donors (Lipinski definition) is 1. The van der Waals surface area contributed by atoms with Crippen molar-refractivity contribution in [2.45, 2.75) is 65.7 Å². The lowest BCUT2D eigenvalue weighted by molar-refractivity contribution is -0.127. The predicted molar refractivity (Wildman–Crippen MR) is 102 cm³/mol. The number of allylic oxidation sites excluding steroid dienone is 4. The van der Waals surface area contributed by atoms with Crippen LogP contribution in [0.1, 0.15) is 65.7 Å².